The Kier molecular flexibility index (Phi) is 7.60. The van der Waals surface area contributed by atoms with Crippen molar-refractivity contribution in [3.63, 3.8) is 0 Å². The van der Waals surface area contributed by atoms with Crippen molar-refractivity contribution in [2.24, 2.45) is 5.16 Å². The molecule has 0 heterocycles. The SMILES string of the molecule is CCCC(C(=O)OCC)c1ccc(NC(=O)/C=N/OF)cc1. The second-order valence-electron chi connectivity index (χ2n) is 4.51. The molecule has 6 nitrogen and oxygen atoms in total. The lowest BCUT2D eigenvalue weighted by Gasteiger charge is -2.15. The topological polar surface area (TPSA) is 77.0 Å². The molecule has 1 atom stereocenters. The van der Waals surface area contributed by atoms with E-state index in [1.165, 1.54) is 0 Å². The van der Waals surface area contributed by atoms with Gasteiger partial charge in [-0.25, -0.2) is 0 Å². The monoisotopic (exact) mass is 310 g/mol. The van der Waals surface area contributed by atoms with Gasteiger partial charge in [0.25, 0.3) is 5.91 Å². The van der Waals surface area contributed by atoms with Crippen LogP contribution in [0.5, 0.6) is 0 Å². The summed E-state index contributed by atoms with van der Waals surface area (Å²) in [6.45, 7) is 4.10. The van der Waals surface area contributed by atoms with Crippen LogP contribution in [0.25, 0.3) is 0 Å². The highest BCUT2D eigenvalue weighted by atomic mass is 19.3. The average Bonchev–Trinajstić information content (AvgIpc) is 2.52. The van der Waals surface area contributed by atoms with Crippen molar-refractivity contribution in [1.29, 1.82) is 0 Å². The molecule has 0 aromatic heterocycles. The number of esters is 1. The number of anilines is 1. The molecule has 0 fully saturated rings. The number of rotatable bonds is 8. The first-order chi connectivity index (χ1) is 10.6. The van der Waals surface area contributed by atoms with Crippen LogP contribution in [-0.4, -0.2) is 24.7 Å². The van der Waals surface area contributed by atoms with Gasteiger partial charge in [0.05, 0.1) is 12.5 Å². The second-order valence-corrected chi connectivity index (χ2v) is 4.51. The zero-order valence-electron chi connectivity index (χ0n) is 12.5. The minimum absolute atomic E-state index is 0.256. The Hall–Kier alpha value is -2.44. The van der Waals surface area contributed by atoms with Gasteiger partial charge in [-0.3, -0.25) is 9.59 Å². The Morgan fingerprint density at radius 3 is 2.55 bits per heavy atom. The molecule has 0 bridgehead atoms. The van der Waals surface area contributed by atoms with Crippen LogP contribution >= 0.6 is 0 Å². The van der Waals surface area contributed by atoms with Crippen LogP contribution in [0.3, 0.4) is 0 Å². The Bertz CT molecular complexity index is 517. The highest BCUT2D eigenvalue weighted by Crippen LogP contribution is 2.24. The van der Waals surface area contributed by atoms with Gasteiger partial charge in [0.15, 0.2) is 0 Å². The Balaban J connectivity index is 2.78. The molecule has 0 saturated heterocycles. The third kappa shape index (κ3) is 5.51. The molecule has 1 N–H and O–H groups in total. The number of carbonyl (C=O) groups is 2. The van der Waals surface area contributed by atoms with Gasteiger partial charge < -0.3 is 10.1 Å². The van der Waals surface area contributed by atoms with Crippen molar-refractivity contribution in [2.45, 2.75) is 32.6 Å². The van der Waals surface area contributed by atoms with Crippen molar-refractivity contribution < 1.29 is 23.9 Å². The minimum Gasteiger partial charge on any atom is -0.466 e. The molecule has 1 rings (SSSR count). The van der Waals surface area contributed by atoms with Crippen LogP contribution in [0.1, 0.15) is 38.2 Å². The Morgan fingerprint density at radius 1 is 1.32 bits per heavy atom. The van der Waals surface area contributed by atoms with Crippen LogP contribution in [0.15, 0.2) is 29.4 Å². The van der Waals surface area contributed by atoms with Crippen LogP contribution in [0, 0.1) is 0 Å². The largest absolute Gasteiger partial charge is 0.466 e. The lowest BCUT2D eigenvalue weighted by atomic mass is 9.94. The van der Waals surface area contributed by atoms with E-state index >= 15 is 0 Å². The molecule has 1 amide bonds. The van der Waals surface area contributed by atoms with Crippen molar-refractivity contribution >= 4 is 23.8 Å². The fourth-order valence-corrected chi connectivity index (χ4v) is 1.99. The first-order valence-electron chi connectivity index (χ1n) is 7.01. The molecule has 0 aliphatic rings. The smallest absolute Gasteiger partial charge is 0.313 e. The van der Waals surface area contributed by atoms with E-state index in [0.717, 1.165) is 12.0 Å². The van der Waals surface area contributed by atoms with Gasteiger partial charge in [-0.2, -0.15) is 5.04 Å². The summed E-state index contributed by atoms with van der Waals surface area (Å²) in [7, 11) is 0. The summed E-state index contributed by atoms with van der Waals surface area (Å²) in [5.74, 6) is -1.20. The summed E-state index contributed by atoms with van der Waals surface area (Å²) in [5.41, 5.74) is 1.32. The molecular formula is C15H19FN2O4. The van der Waals surface area contributed by atoms with Crippen molar-refractivity contribution in [1.82, 2.24) is 0 Å². The van der Waals surface area contributed by atoms with Gasteiger partial charge in [0, 0.05) is 10.2 Å². The molecule has 120 valence electrons. The number of amides is 1. The first kappa shape index (κ1) is 17.6. The van der Waals surface area contributed by atoms with Gasteiger partial charge >= 0.3 is 5.97 Å². The highest BCUT2D eigenvalue weighted by molar-refractivity contribution is 6.31. The zero-order valence-corrected chi connectivity index (χ0v) is 12.5. The average molecular weight is 310 g/mol. The number of ether oxygens (including phenoxy) is 1. The van der Waals surface area contributed by atoms with Crippen molar-refractivity contribution in [3.05, 3.63) is 29.8 Å². The van der Waals surface area contributed by atoms with Crippen LogP contribution in [0.4, 0.5) is 10.2 Å². The summed E-state index contributed by atoms with van der Waals surface area (Å²) in [6, 6.07) is 6.80. The lowest BCUT2D eigenvalue weighted by molar-refractivity contribution is -0.145. The van der Waals surface area contributed by atoms with Gasteiger partial charge in [-0.1, -0.05) is 25.5 Å². The predicted molar refractivity (Wildman–Crippen MR) is 80.0 cm³/mol. The third-order valence-corrected chi connectivity index (χ3v) is 2.94. The van der Waals surface area contributed by atoms with Crippen molar-refractivity contribution in [2.75, 3.05) is 11.9 Å². The summed E-state index contributed by atoms with van der Waals surface area (Å²) in [5, 5.41) is 8.13. The number of benzene rings is 1. The fourth-order valence-electron chi connectivity index (χ4n) is 1.99. The number of oxime groups is 1. The van der Waals surface area contributed by atoms with E-state index in [-0.39, 0.29) is 11.9 Å². The quantitative estimate of drug-likeness (QED) is 0.455. The van der Waals surface area contributed by atoms with E-state index in [1.54, 1.807) is 31.2 Å². The number of hydrogen-bond donors (Lipinski definition) is 1. The maximum atomic E-state index is 12.0. The number of halogens is 1. The summed E-state index contributed by atoms with van der Waals surface area (Å²) >= 11 is 0. The van der Waals surface area contributed by atoms with Crippen LogP contribution in [0.2, 0.25) is 0 Å². The summed E-state index contributed by atoms with van der Waals surface area (Å²) in [4.78, 5) is 23.3. The maximum Gasteiger partial charge on any atom is 0.313 e. The zero-order chi connectivity index (χ0) is 16.4. The molecule has 1 aromatic rings. The molecular weight excluding hydrogens is 291 g/mol. The lowest BCUT2D eigenvalue weighted by Crippen LogP contribution is -2.16. The maximum absolute atomic E-state index is 12.0. The molecule has 1 unspecified atom stereocenters. The molecule has 0 aliphatic heterocycles. The highest BCUT2D eigenvalue weighted by Gasteiger charge is 2.20. The molecule has 7 heteroatoms. The fraction of sp³-hybridized carbons (Fsp3) is 0.400. The van der Waals surface area contributed by atoms with Crippen LogP contribution in [-0.2, 0) is 19.4 Å². The number of nitrogens with one attached hydrogen (secondary N) is 1. The summed E-state index contributed by atoms with van der Waals surface area (Å²) < 4.78 is 16.4. The normalized spacial score (nSPS) is 12.0. The minimum atomic E-state index is -0.624. The predicted octanol–water partition coefficient (Wildman–Crippen LogP) is 2.96. The Morgan fingerprint density at radius 2 is 2.00 bits per heavy atom. The standard InChI is InChI=1S/C15H19FN2O4/c1-3-5-13(15(20)21-4-2)11-6-8-12(9-7-11)18-14(19)10-17-22-16/h6-10,13H,3-5H2,1-2H3,(H,18,19)/b17-10+. The van der Waals surface area contributed by atoms with Gasteiger partial charge in [-0.05, 0) is 36.2 Å². The van der Waals surface area contributed by atoms with E-state index in [4.69, 9.17) is 4.74 Å². The van der Waals surface area contributed by atoms with E-state index in [0.29, 0.717) is 24.9 Å². The van der Waals surface area contributed by atoms with Crippen molar-refractivity contribution in [3.8, 4) is 0 Å². The molecule has 1 aromatic carbocycles. The molecule has 22 heavy (non-hydrogen) atoms. The Labute approximate surface area is 128 Å². The third-order valence-electron chi connectivity index (χ3n) is 2.94. The van der Waals surface area contributed by atoms with Gasteiger partial charge in [0.2, 0.25) is 0 Å². The molecule has 0 aliphatic carbocycles. The van der Waals surface area contributed by atoms with E-state index < -0.39 is 5.91 Å². The van der Waals surface area contributed by atoms with Crippen LogP contribution < -0.4 is 5.32 Å². The van der Waals surface area contributed by atoms with Gasteiger partial charge in [0.1, 0.15) is 6.21 Å². The summed E-state index contributed by atoms with van der Waals surface area (Å²) in [6.07, 6.45) is 2.21. The van der Waals surface area contributed by atoms with E-state index in [1.807, 2.05) is 6.92 Å². The molecule has 0 radical (unpaired) electrons. The molecule has 0 saturated carbocycles. The number of carbonyl (C=O) groups excluding carboxylic acids is 2. The van der Waals surface area contributed by atoms with E-state index in [9.17, 15) is 14.1 Å². The van der Waals surface area contributed by atoms with E-state index in [2.05, 4.69) is 15.5 Å². The second kappa shape index (κ2) is 9.49. The number of nitrogens with zero attached hydrogens (tertiary/aromatic N) is 1. The molecule has 0 spiro atoms. The van der Waals surface area contributed by atoms with Gasteiger partial charge in [-0.15, -0.1) is 0 Å². The first-order valence-corrected chi connectivity index (χ1v) is 7.01. The number of hydrogen-bond acceptors (Lipinski definition) is 5.